The lowest BCUT2D eigenvalue weighted by molar-refractivity contribution is 0.487. The van der Waals surface area contributed by atoms with Gasteiger partial charge in [0.2, 0.25) is 0 Å². The van der Waals surface area contributed by atoms with Crippen molar-refractivity contribution in [2.45, 2.75) is 59.1 Å². The zero-order valence-corrected chi connectivity index (χ0v) is 23.9. The lowest BCUT2D eigenvalue weighted by Gasteiger charge is -2.41. The van der Waals surface area contributed by atoms with E-state index in [1.807, 2.05) is 11.0 Å². The van der Waals surface area contributed by atoms with Gasteiger partial charge in [-0.1, -0.05) is 114 Å². The molecule has 0 bridgehead atoms. The molecule has 0 saturated heterocycles. The number of hydrogen-bond donors (Lipinski definition) is 0. The molecule has 0 radical (unpaired) electrons. The maximum Gasteiger partial charge on any atom is 0.256 e. The molecule has 2 aliphatic heterocycles. The minimum atomic E-state index is -2.46. The Bertz CT molecular complexity index is 2400. The first-order valence-corrected chi connectivity index (χ1v) is 13.9. The summed E-state index contributed by atoms with van der Waals surface area (Å²) in [6.07, 6.45) is 0. The molecule has 0 unspecified atom stereocenters. The number of aryl methyl sites for hydroxylation is 1. The maximum absolute atomic E-state index is 8.82. The number of nitrogens with zero attached hydrogens (tertiary/aromatic N) is 1. The fourth-order valence-electron chi connectivity index (χ4n) is 5.99. The molecule has 2 aliphatic rings. The van der Waals surface area contributed by atoms with E-state index in [1.54, 1.807) is 88.4 Å². The summed E-state index contributed by atoms with van der Waals surface area (Å²) in [4.78, 5) is 1.89. The molecule has 2 heterocycles. The highest BCUT2D eigenvalue weighted by Gasteiger charge is 2.42. The Hall–Kier alpha value is -4.24. The van der Waals surface area contributed by atoms with Crippen molar-refractivity contribution in [3.63, 3.8) is 0 Å². The van der Waals surface area contributed by atoms with Gasteiger partial charge in [0.15, 0.2) is 0 Å². The van der Waals surface area contributed by atoms with Gasteiger partial charge in [0.05, 0.1) is 6.85 Å². The Balaban J connectivity index is 1.58. The van der Waals surface area contributed by atoms with Gasteiger partial charge in [-0.3, -0.25) is 0 Å². The average molecular weight is 562 g/mol. The molecule has 0 N–H and O–H groups in total. The molecule has 0 fully saturated rings. The first kappa shape index (κ1) is 15.3. The molecule has 0 amide bonds. The van der Waals surface area contributed by atoms with Gasteiger partial charge in [0.25, 0.3) is 6.71 Å². The van der Waals surface area contributed by atoms with Crippen LogP contribution in [0.25, 0.3) is 11.1 Å². The normalized spacial score (nSPS) is 19.4. The minimum absolute atomic E-state index is 0.0472. The molecule has 0 aliphatic carbocycles. The van der Waals surface area contributed by atoms with E-state index in [0.717, 1.165) is 0 Å². The fraction of sp³-hybridized carbons (Fsp3) is 0.231. The van der Waals surface area contributed by atoms with Crippen molar-refractivity contribution in [3.05, 3.63) is 120 Å². The van der Waals surface area contributed by atoms with Crippen LogP contribution in [0, 0.1) is 6.85 Å². The van der Waals surface area contributed by atoms with E-state index < -0.39 is 68.3 Å². The molecule has 5 aromatic rings. The van der Waals surface area contributed by atoms with Gasteiger partial charge >= 0.3 is 0 Å². The Morgan fingerprint density at radius 3 is 2.17 bits per heavy atom. The lowest BCUT2D eigenvalue weighted by atomic mass is 9.34. The molecule has 7 rings (SSSR count). The summed E-state index contributed by atoms with van der Waals surface area (Å²) in [5, 5.41) is 0. The molecule has 208 valence electrons. The van der Waals surface area contributed by atoms with Crippen LogP contribution in [-0.2, 0) is 10.8 Å². The number of fused-ring (bicyclic) bond motifs is 4. The van der Waals surface area contributed by atoms with Crippen LogP contribution in [0.4, 0.5) is 17.1 Å². The third-order valence-electron chi connectivity index (χ3n) is 8.13. The predicted molar refractivity (Wildman–Crippen MR) is 180 cm³/mol. The molecule has 0 spiro atoms. The van der Waals surface area contributed by atoms with Crippen LogP contribution in [-0.4, -0.2) is 6.71 Å². The SMILES string of the molecule is [2H]c1c([2H])c([2H])c(-c2cc3c4c(c2)N(c2ccc(C(C)(C)C([2H])([2H])[2H])cc2)c2ccc(C(C)(C)C([2H])([2H])[2H])cc2B4c2cc(C([2H])([2H])[2H])ccc2O3)c([2H])c1[2H]. The van der Waals surface area contributed by atoms with E-state index in [0.29, 0.717) is 56.1 Å². The average Bonchev–Trinajstić information content (AvgIpc) is 3.11. The first-order valence-electron chi connectivity index (χ1n) is 20.9. The third-order valence-corrected chi connectivity index (χ3v) is 8.13. The second-order valence-electron chi connectivity index (χ2n) is 12.1. The molecule has 0 saturated carbocycles. The zero-order chi connectivity index (χ0) is 41.2. The summed E-state index contributed by atoms with van der Waals surface area (Å²) in [5.41, 5.74) is 2.36. The molecule has 0 aromatic heterocycles. The smallest absolute Gasteiger partial charge is 0.256 e. The van der Waals surface area contributed by atoms with Gasteiger partial charge in [-0.2, -0.15) is 0 Å². The highest BCUT2D eigenvalue weighted by atomic mass is 16.5. The standard InChI is InChI=1S/C39H38BNO/c1-25-13-20-35-32(21-25)40-31-24-29(39(5,6)7)16-19-33(31)41(30-17-14-28(15-18-30)38(2,3)4)34-22-27(23-36(42-35)37(34)40)26-11-9-8-10-12-26/h8-24H,1-7H3/i1D3,2D3,5D3,8D,9D,10D,11D,12D. The van der Waals surface area contributed by atoms with Crippen LogP contribution in [0.3, 0.4) is 0 Å². The quantitative estimate of drug-likeness (QED) is 0.196. The highest BCUT2D eigenvalue weighted by Crippen LogP contribution is 2.44. The number of anilines is 3. The number of benzene rings is 5. The van der Waals surface area contributed by atoms with Crippen molar-refractivity contribution >= 4 is 40.2 Å². The van der Waals surface area contributed by atoms with Crippen LogP contribution in [0.5, 0.6) is 11.5 Å². The van der Waals surface area contributed by atoms with Crippen LogP contribution >= 0.6 is 0 Å². The first-order chi connectivity index (χ1) is 25.8. The van der Waals surface area contributed by atoms with E-state index in [1.165, 1.54) is 6.07 Å². The van der Waals surface area contributed by atoms with Gasteiger partial charge < -0.3 is 9.64 Å². The molecule has 2 nitrogen and oxygen atoms in total. The van der Waals surface area contributed by atoms with E-state index in [-0.39, 0.29) is 16.7 Å². The van der Waals surface area contributed by atoms with Crippen LogP contribution < -0.4 is 26.0 Å². The van der Waals surface area contributed by atoms with Crippen molar-refractivity contribution < 1.29 is 23.9 Å². The third kappa shape index (κ3) is 4.34. The molecule has 0 atom stereocenters. The van der Waals surface area contributed by atoms with Crippen LogP contribution in [0.1, 0.15) is 77.3 Å². The Morgan fingerprint density at radius 1 is 0.690 bits per heavy atom. The lowest BCUT2D eigenvalue weighted by Crippen LogP contribution is -2.59. The summed E-state index contributed by atoms with van der Waals surface area (Å²) in [6, 6.07) is 18.0. The summed E-state index contributed by atoms with van der Waals surface area (Å²) in [7, 11) is 0. The van der Waals surface area contributed by atoms with E-state index in [2.05, 4.69) is 0 Å². The van der Waals surface area contributed by atoms with Gasteiger partial charge in [0, 0.05) is 29.4 Å². The Labute approximate surface area is 270 Å². The Kier molecular flexibility index (Phi) is 3.42. The van der Waals surface area contributed by atoms with Gasteiger partial charge in [-0.05, 0) is 92.7 Å². The monoisotopic (exact) mass is 561 g/mol. The predicted octanol–water partition coefficient (Wildman–Crippen LogP) is 8.66. The van der Waals surface area contributed by atoms with Gasteiger partial charge in [0.1, 0.15) is 11.5 Å². The summed E-state index contributed by atoms with van der Waals surface area (Å²) in [5.74, 6) is 0.635. The largest absolute Gasteiger partial charge is 0.458 e. The van der Waals surface area contributed by atoms with Crippen molar-refractivity contribution in [2.24, 2.45) is 0 Å². The van der Waals surface area contributed by atoms with Crippen molar-refractivity contribution in [3.8, 4) is 22.6 Å². The molecular formula is C39H38BNO. The minimum Gasteiger partial charge on any atom is -0.458 e. The summed E-state index contributed by atoms with van der Waals surface area (Å²) < 4.78 is 123. The van der Waals surface area contributed by atoms with Gasteiger partial charge in [-0.15, -0.1) is 0 Å². The topological polar surface area (TPSA) is 12.5 Å². The van der Waals surface area contributed by atoms with Gasteiger partial charge in [-0.25, -0.2) is 0 Å². The molecule has 5 aromatic carbocycles. The maximum atomic E-state index is 8.82. The fourth-order valence-corrected chi connectivity index (χ4v) is 5.99. The van der Waals surface area contributed by atoms with Crippen LogP contribution in [0.15, 0.2) is 103 Å². The van der Waals surface area contributed by atoms with E-state index in [4.69, 9.17) is 23.9 Å². The number of rotatable bonds is 2. The number of hydrogen-bond acceptors (Lipinski definition) is 2. The number of ether oxygens (including phenoxy) is 1. The molecular weight excluding hydrogens is 509 g/mol. The second-order valence-corrected chi connectivity index (χ2v) is 12.1. The summed E-state index contributed by atoms with van der Waals surface area (Å²) in [6.45, 7) is -1.26. The van der Waals surface area contributed by atoms with E-state index in [9.17, 15) is 0 Å². The van der Waals surface area contributed by atoms with Crippen molar-refractivity contribution in [1.82, 2.24) is 0 Å². The highest BCUT2D eigenvalue weighted by molar-refractivity contribution is 6.99. The summed E-state index contributed by atoms with van der Waals surface area (Å²) >= 11 is 0. The Morgan fingerprint density at radius 2 is 1.43 bits per heavy atom. The zero-order valence-electron chi connectivity index (χ0n) is 37.9. The molecule has 42 heavy (non-hydrogen) atoms. The second kappa shape index (κ2) is 9.39. The molecule has 3 heteroatoms. The van der Waals surface area contributed by atoms with E-state index >= 15 is 0 Å². The van der Waals surface area contributed by atoms with Crippen molar-refractivity contribution in [2.75, 3.05) is 4.90 Å². The van der Waals surface area contributed by atoms with Crippen molar-refractivity contribution in [1.29, 1.82) is 0 Å². The van der Waals surface area contributed by atoms with Crippen LogP contribution in [0.2, 0.25) is 0 Å².